The molecule has 0 aliphatic heterocycles. The maximum atomic E-state index is 11.2. The predicted octanol–water partition coefficient (Wildman–Crippen LogP) is 4.93. The molecular weight excluding hydrogens is 333 g/mol. The van der Waals surface area contributed by atoms with Crippen LogP contribution in [-0.2, 0) is 17.8 Å². The number of benzene rings is 2. The van der Waals surface area contributed by atoms with Crippen LogP contribution in [0.15, 0.2) is 42.5 Å². The summed E-state index contributed by atoms with van der Waals surface area (Å²) in [4.78, 5) is 11.2. The molecule has 0 spiro atoms. The zero-order chi connectivity index (χ0) is 16.6. The zero-order valence-electron chi connectivity index (χ0n) is 12.5. The fourth-order valence-electron chi connectivity index (χ4n) is 2.92. The number of aliphatic carboxylic acids is 1. The van der Waals surface area contributed by atoms with Crippen LogP contribution in [0.25, 0.3) is 10.9 Å². The Hall–Kier alpha value is -1.97. The number of aromatic nitrogens is 1. The summed E-state index contributed by atoms with van der Waals surface area (Å²) in [5.41, 5.74) is 3.78. The summed E-state index contributed by atoms with van der Waals surface area (Å²) in [5, 5.41) is 11.4. The van der Waals surface area contributed by atoms with Gasteiger partial charge in [0.25, 0.3) is 0 Å². The van der Waals surface area contributed by atoms with E-state index in [9.17, 15) is 9.90 Å². The number of nitrogens with zero attached hydrogens (tertiary/aromatic N) is 1. The van der Waals surface area contributed by atoms with Crippen LogP contribution < -0.4 is 0 Å². The van der Waals surface area contributed by atoms with E-state index in [2.05, 4.69) is 4.57 Å². The Balaban J connectivity index is 2.16. The third-order valence-electron chi connectivity index (χ3n) is 3.97. The second-order valence-electron chi connectivity index (χ2n) is 5.51. The third-order valence-corrected chi connectivity index (χ3v) is 4.44. The van der Waals surface area contributed by atoms with E-state index in [0.29, 0.717) is 16.6 Å². The van der Waals surface area contributed by atoms with Crippen molar-refractivity contribution in [2.75, 3.05) is 0 Å². The predicted molar refractivity (Wildman–Crippen MR) is 93.6 cm³/mol. The molecule has 1 N–H and O–H groups in total. The first-order chi connectivity index (χ1) is 11.0. The molecule has 0 aliphatic carbocycles. The van der Waals surface area contributed by atoms with E-state index in [-0.39, 0.29) is 6.42 Å². The first-order valence-corrected chi connectivity index (χ1v) is 7.95. The lowest BCUT2D eigenvalue weighted by molar-refractivity contribution is -0.136. The SMILES string of the molecule is Cc1c(CC(=O)O)c2cc(Cl)ccc2n1Cc1cccc(Cl)c1. The Kier molecular flexibility index (Phi) is 4.33. The molecular formula is C18H15Cl2NO2. The van der Waals surface area contributed by atoms with Crippen LogP contribution in [-0.4, -0.2) is 15.6 Å². The minimum Gasteiger partial charge on any atom is -0.481 e. The minimum absolute atomic E-state index is 0.0226. The molecule has 3 nitrogen and oxygen atoms in total. The summed E-state index contributed by atoms with van der Waals surface area (Å²) in [6, 6.07) is 13.2. The fraction of sp³-hybridized carbons (Fsp3) is 0.167. The second kappa shape index (κ2) is 6.26. The van der Waals surface area contributed by atoms with Gasteiger partial charge >= 0.3 is 5.97 Å². The molecule has 2 aromatic carbocycles. The molecule has 0 atom stereocenters. The number of carboxylic acid groups (broad SMARTS) is 1. The van der Waals surface area contributed by atoms with Crippen molar-refractivity contribution in [3.63, 3.8) is 0 Å². The van der Waals surface area contributed by atoms with Gasteiger partial charge < -0.3 is 9.67 Å². The molecule has 3 aromatic rings. The van der Waals surface area contributed by atoms with Gasteiger partial charge in [-0.2, -0.15) is 0 Å². The summed E-state index contributed by atoms with van der Waals surface area (Å²) >= 11 is 12.2. The molecule has 0 bridgehead atoms. The Morgan fingerprint density at radius 3 is 2.57 bits per heavy atom. The van der Waals surface area contributed by atoms with Gasteiger partial charge in [-0.1, -0.05) is 35.3 Å². The number of hydrogen-bond donors (Lipinski definition) is 1. The van der Waals surface area contributed by atoms with Crippen molar-refractivity contribution < 1.29 is 9.90 Å². The van der Waals surface area contributed by atoms with Crippen molar-refractivity contribution in [3.8, 4) is 0 Å². The summed E-state index contributed by atoms with van der Waals surface area (Å²) in [6.45, 7) is 2.57. The van der Waals surface area contributed by atoms with Gasteiger partial charge in [0, 0.05) is 33.2 Å². The van der Waals surface area contributed by atoms with Gasteiger partial charge in [-0.3, -0.25) is 4.79 Å². The van der Waals surface area contributed by atoms with Crippen molar-refractivity contribution in [1.82, 2.24) is 4.57 Å². The highest BCUT2D eigenvalue weighted by atomic mass is 35.5. The number of fused-ring (bicyclic) bond motifs is 1. The highest BCUT2D eigenvalue weighted by Gasteiger charge is 2.17. The third kappa shape index (κ3) is 3.21. The van der Waals surface area contributed by atoms with Crippen molar-refractivity contribution >= 4 is 40.1 Å². The van der Waals surface area contributed by atoms with Crippen LogP contribution in [0.3, 0.4) is 0 Å². The zero-order valence-corrected chi connectivity index (χ0v) is 14.0. The lowest BCUT2D eigenvalue weighted by atomic mass is 10.1. The van der Waals surface area contributed by atoms with Gasteiger partial charge in [0.15, 0.2) is 0 Å². The van der Waals surface area contributed by atoms with Gasteiger partial charge in [-0.15, -0.1) is 0 Å². The van der Waals surface area contributed by atoms with Crippen LogP contribution in [0.2, 0.25) is 10.0 Å². The summed E-state index contributed by atoms with van der Waals surface area (Å²) < 4.78 is 2.11. The van der Waals surface area contributed by atoms with E-state index in [1.54, 1.807) is 0 Å². The summed E-state index contributed by atoms with van der Waals surface area (Å²) in [5.74, 6) is -0.852. The number of rotatable bonds is 4. The van der Waals surface area contributed by atoms with Crippen molar-refractivity contribution in [3.05, 3.63) is 69.3 Å². The maximum Gasteiger partial charge on any atom is 0.307 e. The average Bonchev–Trinajstić information content (AvgIpc) is 2.72. The molecule has 0 radical (unpaired) electrons. The molecule has 0 saturated heterocycles. The van der Waals surface area contributed by atoms with Crippen molar-refractivity contribution in [1.29, 1.82) is 0 Å². The quantitative estimate of drug-likeness (QED) is 0.726. The molecule has 0 saturated carbocycles. The second-order valence-corrected chi connectivity index (χ2v) is 6.38. The minimum atomic E-state index is -0.852. The van der Waals surface area contributed by atoms with E-state index in [1.165, 1.54) is 0 Å². The van der Waals surface area contributed by atoms with Gasteiger partial charge in [-0.05, 0) is 48.4 Å². The molecule has 118 valence electrons. The van der Waals surface area contributed by atoms with Crippen molar-refractivity contribution in [2.24, 2.45) is 0 Å². The van der Waals surface area contributed by atoms with Crippen LogP contribution in [0.5, 0.6) is 0 Å². The number of halogens is 2. The van der Waals surface area contributed by atoms with E-state index >= 15 is 0 Å². The molecule has 0 fully saturated rings. The highest BCUT2D eigenvalue weighted by Crippen LogP contribution is 2.30. The standard InChI is InChI=1S/C18H15Cl2NO2/c1-11-15(9-18(22)23)16-8-14(20)5-6-17(16)21(11)10-12-3-2-4-13(19)7-12/h2-8H,9-10H2,1H3,(H,22,23). The van der Waals surface area contributed by atoms with Gasteiger partial charge in [-0.25, -0.2) is 0 Å². The highest BCUT2D eigenvalue weighted by molar-refractivity contribution is 6.31. The van der Waals surface area contributed by atoms with Gasteiger partial charge in [0.2, 0.25) is 0 Å². The van der Waals surface area contributed by atoms with E-state index in [4.69, 9.17) is 23.2 Å². The van der Waals surface area contributed by atoms with Gasteiger partial charge in [0.05, 0.1) is 6.42 Å². The lowest BCUT2D eigenvalue weighted by Gasteiger charge is -2.09. The van der Waals surface area contributed by atoms with E-state index < -0.39 is 5.97 Å². The smallest absolute Gasteiger partial charge is 0.307 e. The molecule has 23 heavy (non-hydrogen) atoms. The largest absolute Gasteiger partial charge is 0.481 e. The Labute approximate surface area is 144 Å². The molecule has 5 heteroatoms. The summed E-state index contributed by atoms with van der Waals surface area (Å²) in [7, 11) is 0. The lowest BCUT2D eigenvalue weighted by Crippen LogP contribution is -2.05. The van der Waals surface area contributed by atoms with Crippen LogP contribution in [0.4, 0.5) is 0 Å². The molecule has 1 aromatic heterocycles. The Morgan fingerprint density at radius 2 is 1.87 bits per heavy atom. The molecule has 1 heterocycles. The first-order valence-electron chi connectivity index (χ1n) is 7.19. The van der Waals surface area contributed by atoms with Crippen molar-refractivity contribution in [2.45, 2.75) is 19.9 Å². The number of carboxylic acids is 1. The average molecular weight is 348 g/mol. The Bertz CT molecular complexity index is 899. The monoisotopic (exact) mass is 347 g/mol. The van der Waals surface area contributed by atoms with Crippen LogP contribution in [0.1, 0.15) is 16.8 Å². The number of carbonyl (C=O) groups is 1. The first kappa shape index (κ1) is 15.9. The van der Waals surface area contributed by atoms with E-state index in [0.717, 1.165) is 27.7 Å². The molecule has 0 unspecified atom stereocenters. The fourth-order valence-corrected chi connectivity index (χ4v) is 3.30. The van der Waals surface area contributed by atoms with Crippen LogP contribution in [0, 0.1) is 6.92 Å². The molecule has 0 aliphatic rings. The topological polar surface area (TPSA) is 42.2 Å². The van der Waals surface area contributed by atoms with Gasteiger partial charge in [0.1, 0.15) is 0 Å². The molecule has 3 rings (SSSR count). The number of hydrogen-bond acceptors (Lipinski definition) is 1. The van der Waals surface area contributed by atoms with Crippen LogP contribution >= 0.6 is 23.2 Å². The maximum absolute atomic E-state index is 11.2. The van der Waals surface area contributed by atoms with E-state index in [1.807, 2.05) is 49.4 Å². The molecule has 0 amide bonds. The Morgan fingerprint density at radius 1 is 1.13 bits per heavy atom. The normalized spacial score (nSPS) is 11.1. The summed E-state index contributed by atoms with van der Waals surface area (Å²) in [6.07, 6.45) is -0.0226.